The Hall–Kier alpha value is -4.97. The Morgan fingerprint density at radius 3 is 2.35 bits per heavy atom. The number of hydrogen-bond donors (Lipinski definition) is 0. The van der Waals surface area contributed by atoms with Crippen molar-refractivity contribution in [1.82, 2.24) is 19.5 Å². The van der Waals surface area contributed by atoms with Gasteiger partial charge in [-0.25, -0.2) is 4.39 Å². The molecule has 1 radical (unpaired) electrons. The Morgan fingerprint density at radius 2 is 1.61 bits per heavy atom. The second kappa shape index (κ2) is 12.8. The van der Waals surface area contributed by atoms with E-state index < -0.39 is 0 Å². The summed E-state index contributed by atoms with van der Waals surface area (Å²) in [7, 11) is 0. The van der Waals surface area contributed by atoms with E-state index in [2.05, 4.69) is 59.6 Å². The third-order valence-electron chi connectivity index (χ3n) is 7.65. The zero-order valence-corrected chi connectivity index (χ0v) is 27.9. The van der Waals surface area contributed by atoms with Gasteiger partial charge < -0.3 is 14.0 Å². The van der Waals surface area contributed by atoms with Crippen LogP contribution in [0.5, 0.6) is 0 Å². The number of benzene rings is 4. The average molecular weight is 781 g/mol. The van der Waals surface area contributed by atoms with Crippen LogP contribution in [0, 0.1) is 17.9 Å². The third-order valence-corrected chi connectivity index (χ3v) is 7.65. The quantitative estimate of drug-likeness (QED) is 0.168. The van der Waals surface area contributed by atoms with Crippen LogP contribution in [0.4, 0.5) is 4.39 Å². The molecule has 0 N–H and O–H groups in total. The van der Waals surface area contributed by atoms with Crippen LogP contribution in [-0.4, -0.2) is 19.5 Å². The van der Waals surface area contributed by atoms with Crippen LogP contribution in [0.2, 0.25) is 0 Å². The van der Waals surface area contributed by atoms with Gasteiger partial charge in [0, 0.05) is 55.2 Å². The standard InChI is InChI=1S/C28H21FN3O.C11H8N.Ir/c1-28(2,3)22-15-30-16-23-25(22)32(18-8-5-4-6-9-18)27(31-23)21-11-7-10-20-19-13-12-17(29)14-24(19)33-26(20)21;1-2-6-10(7-3-1)11-8-4-5-9-12-11;/h4-10,12-16H,1-3H3;1-6,8-9H;/q2*-1;. The van der Waals surface area contributed by atoms with E-state index in [0.29, 0.717) is 17.0 Å². The number of halogens is 1. The third kappa shape index (κ3) is 5.87. The zero-order valence-electron chi connectivity index (χ0n) is 25.5. The fourth-order valence-corrected chi connectivity index (χ4v) is 5.53. The molecule has 46 heavy (non-hydrogen) atoms. The maximum Gasteiger partial charge on any atom is 0.126 e. The van der Waals surface area contributed by atoms with E-state index in [-0.39, 0.29) is 31.3 Å². The number of furan rings is 1. The summed E-state index contributed by atoms with van der Waals surface area (Å²) in [5, 5.41) is 1.76. The number of para-hydroxylation sites is 1. The number of nitrogens with zero attached hydrogens (tertiary/aromatic N) is 4. The number of hydrogen-bond acceptors (Lipinski definition) is 4. The summed E-state index contributed by atoms with van der Waals surface area (Å²) in [6, 6.07) is 38.7. The first kappa shape index (κ1) is 31.0. The van der Waals surface area contributed by atoms with E-state index in [1.165, 1.54) is 12.1 Å². The maximum atomic E-state index is 13.9. The molecule has 0 unspecified atom stereocenters. The molecule has 8 rings (SSSR count). The SMILES string of the molecule is CC(C)(C)c1cncc2nc(-c3[c-]ccc4c3oc3cc(F)ccc34)n(-c3ccccc3)c12.[Ir].[c-]1ccccc1-c1ccccn1. The normalized spacial score (nSPS) is 11.3. The fourth-order valence-electron chi connectivity index (χ4n) is 5.53. The number of aromatic nitrogens is 4. The fraction of sp³-hybridized carbons (Fsp3) is 0.103. The van der Waals surface area contributed by atoms with Crippen LogP contribution in [0.15, 0.2) is 126 Å². The summed E-state index contributed by atoms with van der Waals surface area (Å²) >= 11 is 0. The number of rotatable bonds is 3. The van der Waals surface area contributed by atoms with Gasteiger partial charge in [0.05, 0.1) is 28.6 Å². The second-order valence-electron chi connectivity index (χ2n) is 11.7. The van der Waals surface area contributed by atoms with Gasteiger partial charge in [0.1, 0.15) is 11.4 Å². The van der Waals surface area contributed by atoms with Crippen molar-refractivity contribution in [2.24, 2.45) is 0 Å². The van der Waals surface area contributed by atoms with Crippen LogP contribution in [0.3, 0.4) is 0 Å². The Bertz CT molecular complexity index is 2220. The van der Waals surface area contributed by atoms with Gasteiger partial charge in [-0.1, -0.05) is 62.1 Å². The van der Waals surface area contributed by atoms with Crippen molar-refractivity contribution in [3.05, 3.63) is 145 Å². The minimum atomic E-state index is -0.329. The Labute approximate surface area is 280 Å². The van der Waals surface area contributed by atoms with E-state index in [9.17, 15) is 4.39 Å². The monoisotopic (exact) mass is 781 g/mol. The molecular weight excluding hydrogens is 752 g/mol. The molecule has 7 heteroatoms. The molecule has 0 aliphatic heterocycles. The van der Waals surface area contributed by atoms with Crippen molar-refractivity contribution < 1.29 is 28.9 Å². The molecule has 0 fully saturated rings. The molecule has 229 valence electrons. The van der Waals surface area contributed by atoms with E-state index in [0.717, 1.165) is 49.9 Å². The second-order valence-corrected chi connectivity index (χ2v) is 11.7. The van der Waals surface area contributed by atoms with Crippen molar-refractivity contribution in [3.63, 3.8) is 0 Å². The molecule has 0 aliphatic carbocycles. The topological polar surface area (TPSA) is 56.7 Å². The predicted molar refractivity (Wildman–Crippen MR) is 178 cm³/mol. The van der Waals surface area contributed by atoms with Gasteiger partial charge in [-0.05, 0) is 41.4 Å². The molecule has 0 spiro atoms. The van der Waals surface area contributed by atoms with Gasteiger partial charge in [-0.2, -0.15) is 0 Å². The average Bonchev–Trinajstić information content (AvgIpc) is 3.64. The molecule has 4 aromatic heterocycles. The number of pyridine rings is 2. The smallest absolute Gasteiger partial charge is 0.126 e. The minimum Gasteiger partial charge on any atom is -0.500 e. The molecule has 8 aromatic rings. The zero-order chi connectivity index (χ0) is 31.0. The first-order valence-corrected chi connectivity index (χ1v) is 14.7. The Kier molecular flexibility index (Phi) is 8.63. The summed E-state index contributed by atoms with van der Waals surface area (Å²) in [5.41, 5.74) is 7.63. The van der Waals surface area contributed by atoms with Crippen molar-refractivity contribution in [1.29, 1.82) is 0 Å². The number of fused-ring (bicyclic) bond motifs is 4. The van der Waals surface area contributed by atoms with Gasteiger partial charge in [0.2, 0.25) is 0 Å². The first-order valence-electron chi connectivity index (χ1n) is 14.7. The van der Waals surface area contributed by atoms with E-state index in [4.69, 9.17) is 9.40 Å². The van der Waals surface area contributed by atoms with Crippen LogP contribution in [-0.2, 0) is 25.5 Å². The molecule has 0 amide bonds. The van der Waals surface area contributed by atoms with Gasteiger partial charge >= 0.3 is 0 Å². The summed E-state index contributed by atoms with van der Waals surface area (Å²) in [5.74, 6) is 0.379. The minimum absolute atomic E-state index is 0. The molecule has 0 saturated carbocycles. The van der Waals surface area contributed by atoms with Crippen LogP contribution < -0.4 is 0 Å². The van der Waals surface area contributed by atoms with Gasteiger partial charge in [-0.15, -0.1) is 54.1 Å². The van der Waals surface area contributed by atoms with Crippen LogP contribution >= 0.6 is 0 Å². The molecule has 0 aliphatic rings. The molecule has 4 heterocycles. The van der Waals surface area contributed by atoms with E-state index in [1.807, 2.05) is 79.0 Å². The van der Waals surface area contributed by atoms with Gasteiger partial charge in [0.25, 0.3) is 0 Å². The number of imidazole rings is 1. The van der Waals surface area contributed by atoms with Crippen molar-refractivity contribution in [2.75, 3.05) is 0 Å². The molecule has 0 bridgehead atoms. The first-order chi connectivity index (χ1) is 21.9. The van der Waals surface area contributed by atoms with Crippen molar-refractivity contribution in [3.8, 4) is 28.3 Å². The van der Waals surface area contributed by atoms with Crippen molar-refractivity contribution in [2.45, 2.75) is 26.2 Å². The summed E-state index contributed by atoms with van der Waals surface area (Å²) in [6.45, 7) is 6.52. The maximum absolute atomic E-state index is 13.9. The van der Waals surface area contributed by atoms with Crippen molar-refractivity contribution >= 4 is 33.0 Å². The summed E-state index contributed by atoms with van der Waals surface area (Å²) < 4.78 is 22.2. The van der Waals surface area contributed by atoms with Crippen LogP contribution in [0.1, 0.15) is 26.3 Å². The van der Waals surface area contributed by atoms with E-state index >= 15 is 0 Å². The summed E-state index contributed by atoms with van der Waals surface area (Å²) in [6.07, 6.45) is 5.50. The summed E-state index contributed by atoms with van der Waals surface area (Å²) in [4.78, 5) is 13.7. The Balaban J connectivity index is 0.000000241. The largest absolute Gasteiger partial charge is 0.500 e. The van der Waals surface area contributed by atoms with Gasteiger partial charge in [-0.3, -0.25) is 9.97 Å². The molecular formula is C39H29FIrN4O-2. The van der Waals surface area contributed by atoms with Gasteiger partial charge in [0.15, 0.2) is 0 Å². The molecule has 0 saturated heterocycles. The molecule has 5 nitrogen and oxygen atoms in total. The molecule has 4 aromatic carbocycles. The van der Waals surface area contributed by atoms with E-state index in [1.54, 1.807) is 18.5 Å². The predicted octanol–water partition coefficient (Wildman–Crippen LogP) is 9.77. The Morgan fingerprint density at radius 1 is 0.804 bits per heavy atom. The van der Waals surface area contributed by atoms with Crippen LogP contribution in [0.25, 0.3) is 61.3 Å². The molecule has 0 atom stereocenters.